The zero-order chi connectivity index (χ0) is 20.2. The molecule has 0 bridgehead atoms. The molecule has 0 radical (unpaired) electrons. The van der Waals surface area contributed by atoms with Crippen molar-refractivity contribution >= 4 is 17.6 Å². The molecule has 0 spiro atoms. The highest BCUT2D eigenvalue weighted by Gasteiger charge is 2.38. The number of carboxylic acids is 1. The summed E-state index contributed by atoms with van der Waals surface area (Å²) in [6.07, 6.45) is -2.35. The van der Waals surface area contributed by atoms with Gasteiger partial charge in [-0.1, -0.05) is 0 Å². The van der Waals surface area contributed by atoms with E-state index in [2.05, 4.69) is 15.6 Å². The number of benzene rings is 1. The Morgan fingerprint density at radius 2 is 1.81 bits per heavy atom. The molecule has 1 saturated heterocycles. The minimum Gasteiger partial charge on any atom is -0.475 e. The van der Waals surface area contributed by atoms with Crippen molar-refractivity contribution in [1.82, 2.24) is 14.9 Å². The van der Waals surface area contributed by atoms with Crippen molar-refractivity contribution in [2.45, 2.75) is 32.5 Å². The van der Waals surface area contributed by atoms with Crippen molar-refractivity contribution in [2.24, 2.45) is 0 Å². The standard InChI is InChI=1S/C15H18N4O.C2HF3O2/c1-10-11(2)19(9-17-10)13-5-3-12(4-6-13)18-15(20)14-7-8-16-14;3-2(4,5)1(6)7/h3-6,9,14,16H,7-8H2,1-2H3,(H,18,20);(H,6,7). The van der Waals surface area contributed by atoms with E-state index in [-0.39, 0.29) is 11.9 Å². The molecule has 0 aliphatic carbocycles. The van der Waals surface area contributed by atoms with Crippen LogP contribution in [-0.4, -0.2) is 45.3 Å². The van der Waals surface area contributed by atoms with Crippen molar-refractivity contribution in [3.05, 3.63) is 42.0 Å². The Balaban J connectivity index is 0.000000321. The van der Waals surface area contributed by atoms with Crippen LogP contribution in [0.2, 0.25) is 0 Å². The highest BCUT2D eigenvalue weighted by molar-refractivity contribution is 5.95. The van der Waals surface area contributed by atoms with Gasteiger partial charge < -0.3 is 20.3 Å². The molecule has 1 aliphatic heterocycles. The van der Waals surface area contributed by atoms with Crippen molar-refractivity contribution in [2.75, 3.05) is 11.9 Å². The van der Waals surface area contributed by atoms with Crippen molar-refractivity contribution in [3.63, 3.8) is 0 Å². The van der Waals surface area contributed by atoms with E-state index in [0.717, 1.165) is 35.7 Å². The number of anilines is 1. The van der Waals surface area contributed by atoms with E-state index < -0.39 is 12.1 Å². The minimum atomic E-state index is -5.08. The Kier molecular flexibility index (Phi) is 6.21. The number of imidazole rings is 1. The second kappa shape index (κ2) is 8.21. The molecule has 1 aliphatic rings. The lowest BCUT2D eigenvalue weighted by atomic mass is 10.1. The normalized spacial score (nSPS) is 16.0. The van der Waals surface area contributed by atoms with Crippen LogP contribution in [0.1, 0.15) is 17.8 Å². The van der Waals surface area contributed by atoms with E-state index in [4.69, 9.17) is 9.90 Å². The number of carboxylic acid groups (broad SMARTS) is 1. The average Bonchev–Trinajstić information content (AvgIpc) is 2.86. The Bertz CT molecular complexity index is 812. The van der Waals surface area contributed by atoms with Crippen molar-refractivity contribution in [1.29, 1.82) is 0 Å². The zero-order valence-electron chi connectivity index (χ0n) is 14.7. The number of hydrogen-bond acceptors (Lipinski definition) is 4. The molecular formula is C17H19F3N4O3. The van der Waals surface area contributed by atoms with Crippen LogP contribution < -0.4 is 10.6 Å². The number of carbonyl (C=O) groups is 2. The number of rotatable bonds is 3. The van der Waals surface area contributed by atoms with Crippen LogP contribution in [0, 0.1) is 13.8 Å². The predicted molar refractivity (Wildman–Crippen MR) is 91.8 cm³/mol. The summed E-state index contributed by atoms with van der Waals surface area (Å²) in [5.74, 6) is -2.72. The van der Waals surface area contributed by atoms with Gasteiger partial charge in [-0.2, -0.15) is 13.2 Å². The quantitative estimate of drug-likeness (QED) is 0.755. The zero-order valence-corrected chi connectivity index (χ0v) is 14.7. The van der Waals surface area contributed by atoms with Gasteiger partial charge in [-0.3, -0.25) is 4.79 Å². The molecule has 1 unspecified atom stereocenters. The number of aliphatic carboxylic acids is 1. The van der Waals surface area contributed by atoms with Crippen LogP contribution in [0.25, 0.3) is 5.69 Å². The van der Waals surface area contributed by atoms with Gasteiger partial charge in [0, 0.05) is 17.1 Å². The van der Waals surface area contributed by atoms with Crippen LogP contribution in [-0.2, 0) is 9.59 Å². The average molecular weight is 384 g/mol. The second-order valence-electron chi connectivity index (χ2n) is 5.92. The number of alkyl halides is 3. The molecular weight excluding hydrogens is 365 g/mol. The lowest BCUT2D eigenvalue weighted by Gasteiger charge is -2.26. The third-order valence-corrected chi connectivity index (χ3v) is 4.05. The summed E-state index contributed by atoms with van der Waals surface area (Å²) in [5.41, 5.74) is 4.02. The Morgan fingerprint density at radius 1 is 1.26 bits per heavy atom. The van der Waals surface area contributed by atoms with Gasteiger partial charge in [0.2, 0.25) is 5.91 Å². The summed E-state index contributed by atoms with van der Waals surface area (Å²) >= 11 is 0. The molecule has 1 amide bonds. The first-order valence-corrected chi connectivity index (χ1v) is 8.05. The molecule has 1 atom stereocenters. The molecule has 1 aromatic carbocycles. The van der Waals surface area contributed by atoms with Crippen LogP contribution in [0.5, 0.6) is 0 Å². The first-order valence-electron chi connectivity index (χ1n) is 8.05. The summed E-state index contributed by atoms with van der Waals surface area (Å²) in [4.78, 5) is 25.0. The molecule has 3 rings (SSSR count). The van der Waals surface area contributed by atoms with E-state index in [1.807, 2.05) is 49.0 Å². The Labute approximate surface area is 153 Å². The number of halogens is 3. The largest absolute Gasteiger partial charge is 0.490 e. The van der Waals surface area contributed by atoms with E-state index in [1.54, 1.807) is 0 Å². The van der Waals surface area contributed by atoms with Crippen LogP contribution >= 0.6 is 0 Å². The Morgan fingerprint density at radius 3 is 2.19 bits per heavy atom. The van der Waals surface area contributed by atoms with Crippen molar-refractivity contribution in [3.8, 4) is 5.69 Å². The molecule has 1 aromatic heterocycles. The minimum absolute atomic E-state index is 0.0341. The third-order valence-electron chi connectivity index (χ3n) is 4.05. The first-order chi connectivity index (χ1) is 12.6. The first kappa shape index (κ1) is 20.4. The fraction of sp³-hybridized carbons (Fsp3) is 0.353. The van der Waals surface area contributed by atoms with Gasteiger partial charge in [-0.25, -0.2) is 9.78 Å². The lowest BCUT2D eigenvalue weighted by Crippen LogP contribution is -2.50. The molecule has 7 nitrogen and oxygen atoms in total. The maximum absolute atomic E-state index is 11.8. The summed E-state index contributed by atoms with van der Waals surface area (Å²) < 4.78 is 33.8. The lowest BCUT2D eigenvalue weighted by molar-refractivity contribution is -0.192. The molecule has 3 N–H and O–H groups in total. The van der Waals surface area contributed by atoms with Gasteiger partial charge in [0.25, 0.3) is 0 Å². The number of carbonyl (C=O) groups excluding carboxylic acids is 1. The molecule has 1 fully saturated rings. The highest BCUT2D eigenvalue weighted by atomic mass is 19.4. The number of aromatic nitrogens is 2. The van der Waals surface area contributed by atoms with Gasteiger partial charge in [-0.05, 0) is 51.1 Å². The molecule has 27 heavy (non-hydrogen) atoms. The molecule has 146 valence electrons. The maximum Gasteiger partial charge on any atom is 0.490 e. The second-order valence-corrected chi connectivity index (χ2v) is 5.92. The Hall–Kier alpha value is -2.88. The number of nitrogens with one attached hydrogen (secondary N) is 2. The fourth-order valence-corrected chi connectivity index (χ4v) is 2.21. The summed E-state index contributed by atoms with van der Waals surface area (Å²) in [5, 5.41) is 13.1. The molecule has 10 heteroatoms. The SMILES string of the molecule is Cc1ncn(-c2ccc(NC(=O)C3CCN3)cc2)c1C.O=C(O)C(F)(F)F. The highest BCUT2D eigenvalue weighted by Crippen LogP contribution is 2.17. The molecule has 2 heterocycles. The van der Waals surface area contributed by atoms with Gasteiger partial charge in [-0.15, -0.1) is 0 Å². The molecule has 2 aromatic rings. The smallest absolute Gasteiger partial charge is 0.475 e. The number of nitrogens with zero attached hydrogens (tertiary/aromatic N) is 2. The van der Waals surface area contributed by atoms with E-state index >= 15 is 0 Å². The maximum atomic E-state index is 11.8. The predicted octanol–water partition coefficient (Wildman–Crippen LogP) is 2.42. The summed E-state index contributed by atoms with van der Waals surface area (Å²) in [6, 6.07) is 7.77. The fourth-order valence-electron chi connectivity index (χ4n) is 2.21. The van der Waals surface area contributed by atoms with E-state index in [9.17, 15) is 18.0 Å². The van der Waals surface area contributed by atoms with Gasteiger partial charge in [0.1, 0.15) is 0 Å². The topological polar surface area (TPSA) is 96.3 Å². The molecule has 0 saturated carbocycles. The van der Waals surface area contributed by atoms with Gasteiger partial charge >= 0.3 is 12.1 Å². The summed E-state index contributed by atoms with van der Waals surface area (Å²) in [6.45, 7) is 4.96. The number of amides is 1. The van der Waals surface area contributed by atoms with Crippen LogP contribution in [0.15, 0.2) is 30.6 Å². The monoisotopic (exact) mass is 384 g/mol. The number of aryl methyl sites for hydroxylation is 1. The van der Waals surface area contributed by atoms with Gasteiger partial charge in [0.05, 0.1) is 18.1 Å². The van der Waals surface area contributed by atoms with Crippen LogP contribution in [0.3, 0.4) is 0 Å². The van der Waals surface area contributed by atoms with Crippen molar-refractivity contribution < 1.29 is 27.9 Å². The summed E-state index contributed by atoms with van der Waals surface area (Å²) in [7, 11) is 0. The van der Waals surface area contributed by atoms with Gasteiger partial charge in [0.15, 0.2) is 0 Å². The third kappa shape index (κ3) is 5.30. The van der Waals surface area contributed by atoms with Crippen LogP contribution in [0.4, 0.5) is 18.9 Å². The number of hydrogen-bond donors (Lipinski definition) is 3. The van der Waals surface area contributed by atoms with E-state index in [0.29, 0.717) is 0 Å². The van der Waals surface area contributed by atoms with E-state index in [1.165, 1.54) is 0 Å².